The highest BCUT2D eigenvalue weighted by Gasteiger charge is 2.54. The highest BCUT2D eigenvalue weighted by Crippen LogP contribution is 2.55. The van der Waals surface area contributed by atoms with Gasteiger partial charge in [0.25, 0.3) is 0 Å². The number of carbonyl (C=O) groups is 1. The lowest BCUT2D eigenvalue weighted by molar-refractivity contribution is -0.268. The Bertz CT molecular complexity index is 739. The van der Waals surface area contributed by atoms with Gasteiger partial charge in [-0.15, -0.1) is 0 Å². The molecule has 5 heteroatoms. The van der Waals surface area contributed by atoms with Gasteiger partial charge in [-0.3, -0.25) is 0 Å². The fourth-order valence-corrected chi connectivity index (χ4v) is 6.69. The summed E-state index contributed by atoms with van der Waals surface area (Å²) in [7, 11) is 0. The van der Waals surface area contributed by atoms with E-state index in [1.807, 2.05) is 0 Å². The van der Waals surface area contributed by atoms with Gasteiger partial charge in [0.2, 0.25) is 0 Å². The van der Waals surface area contributed by atoms with Crippen molar-refractivity contribution < 1.29 is 15.0 Å². The van der Waals surface area contributed by atoms with Crippen LogP contribution in [-0.4, -0.2) is 60.1 Å². The van der Waals surface area contributed by atoms with Crippen molar-refractivity contribution in [1.29, 1.82) is 0 Å². The molecule has 1 N–H and O–H groups in total. The average Bonchev–Trinajstić information content (AvgIpc) is 3.66. The zero-order valence-corrected chi connectivity index (χ0v) is 18.7. The van der Waals surface area contributed by atoms with Gasteiger partial charge in [0, 0.05) is 39.3 Å². The Labute approximate surface area is 186 Å². The molecule has 3 saturated carbocycles. The molecule has 2 heterocycles. The predicted molar refractivity (Wildman–Crippen MR) is 119 cm³/mol. The van der Waals surface area contributed by atoms with Crippen molar-refractivity contribution in [3.63, 3.8) is 0 Å². The third-order valence-corrected chi connectivity index (χ3v) is 8.62. The first kappa shape index (κ1) is 21.3. The summed E-state index contributed by atoms with van der Waals surface area (Å²) in [6.07, 6.45) is 12.3. The Morgan fingerprint density at radius 3 is 1.77 bits per heavy atom. The minimum absolute atomic E-state index is 0.178. The van der Waals surface area contributed by atoms with E-state index >= 15 is 0 Å². The van der Waals surface area contributed by atoms with Crippen LogP contribution in [0.3, 0.4) is 0 Å². The van der Waals surface area contributed by atoms with Crippen molar-refractivity contribution in [2.75, 3.05) is 39.3 Å². The largest absolute Gasteiger partial charge is 0.872 e. The number of nitrogens with zero attached hydrogens (tertiary/aromatic N) is 2. The monoisotopic (exact) mass is 425 g/mol. The summed E-state index contributed by atoms with van der Waals surface area (Å²) in [4.78, 5) is 16.0. The van der Waals surface area contributed by atoms with Crippen molar-refractivity contribution in [3.05, 3.63) is 29.8 Å². The summed E-state index contributed by atoms with van der Waals surface area (Å²) in [5, 5.41) is 19.0. The summed E-state index contributed by atoms with van der Waals surface area (Å²) in [5.74, 6) is 2.53. The molecule has 2 saturated heterocycles. The minimum atomic E-state index is -1.18. The molecular formula is C26H37N2O3-. The molecule has 5 aliphatic rings. The molecule has 2 bridgehead atoms. The first-order valence-corrected chi connectivity index (χ1v) is 12.5. The molecule has 5 nitrogen and oxygen atoms in total. The third-order valence-electron chi connectivity index (χ3n) is 8.62. The number of benzene rings is 1. The van der Waals surface area contributed by atoms with Gasteiger partial charge >= 0.3 is 5.97 Å². The lowest BCUT2D eigenvalue weighted by atomic mass is 9.60. The lowest BCUT2D eigenvalue weighted by Gasteiger charge is -2.58. The number of likely N-dealkylation sites (tertiary alicyclic amines) is 2. The maximum absolute atomic E-state index is 10.7. The lowest BCUT2D eigenvalue weighted by Crippen LogP contribution is -2.62. The van der Waals surface area contributed by atoms with Crippen molar-refractivity contribution in [2.45, 2.75) is 51.4 Å². The molecule has 0 atom stereocenters. The van der Waals surface area contributed by atoms with E-state index in [1.54, 1.807) is 12.8 Å². The molecule has 6 rings (SSSR count). The standard InChI is InChI=1S/C19H32N2.C7H6O3/c1-2-8-19(7-1)17-11-20(9-15-3-4-15)12-18(19)14-21(13-17)10-16-5-6-16;8-6-4-2-1-3-5(6)7(9)10/h15-18H,1-14H2;1-4,8H,(H,9,10)/p-1. The van der Waals surface area contributed by atoms with Crippen LogP contribution in [-0.2, 0) is 0 Å². The Hall–Kier alpha value is -1.59. The van der Waals surface area contributed by atoms with Crippen LogP contribution in [0.4, 0.5) is 0 Å². The summed E-state index contributed by atoms with van der Waals surface area (Å²) in [6.45, 7) is 8.63. The molecule has 0 aromatic heterocycles. The third kappa shape index (κ3) is 4.78. The van der Waals surface area contributed by atoms with Crippen LogP contribution in [0.15, 0.2) is 24.3 Å². The van der Waals surface area contributed by atoms with E-state index in [-0.39, 0.29) is 5.56 Å². The number of carboxylic acids is 1. The second-order valence-corrected chi connectivity index (χ2v) is 11.0. The number of rotatable bonds is 5. The summed E-state index contributed by atoms with van der Waals surface area (Å²) >= 11 is 0. The van der Waals surface area contributed by atoms with Crippen LogP contribution >= 0.6 is 0 Å². The van der Waals surface area contributed by atoms with E-state index in [9.17, 15) is 9.90 Å². The van der Waals surface area contributed by atoms with Gasteiger partial charge in [0.15, 0.2) is 0 Å². The molecule has 2 aliphatic heterocycles. The molecule has 31 heavy (non-hydrogen) atoms. The SMILES string of the molecule is C1CCC2(C1)C1CN(CC3CC3)CC2CN(CC2CC2)C1.O=C(O)c1ccccc1[O-]. The summed E-state index contributed by atoms with van der Waals surface area (Å²) < 4.78 is 0. The highest BCUT2D eigenvalue weighted by atomic mass is 16.4. The number of piperidine rings is 2. The van der Waals surface area contributed by atoms with Crippen LogP contribution in [0.25, 0.3) is 0 Å². The molecule has 5 fully saturated rings. The van der Waals surface area contributed by atoms with Gasteiger partial charge in [0.1, 0.15) is 0 Å². The van der Waals surface area contributed by atoms with E-state index in [1.165, 1.54) is 102 Å². The summed E-state index contributed by atoms with van der Waals surface area (Å²) in [6, 6.07) is 5.54. The van der Waals surface area contributed by atoms with E-state index in [2.05, 4.69) is 9.80 Å². The van der Waals surface area contributed by atoms with Gasteiger partial charge in [0.05, 0.1) is 5.56 Å². The zero-order valence-electron chi connectivity index (χ0n) is 18.7. The van der Waals surface area contributed by atoms with Gasteiger partial charge < -0.3 is 20.0 Å². The Kier molecular flexibility index (Phi) is 6.00. The molecular weight excluding hydrogens is 388 g/mol. The zero-order chi connectivity index (χ0) is 21.4. The number of hydrogen-bond donors (Lipinski definition) is 1. The van der Waals surface area contributed by atoms with Crippen LogP contribution in [0.2, 0.25) is 0 Å². The topological polar surface area (TPSA) is 66.8 Å². The second-order valence-electron chi connectivity index (χ2n) is 11.0. The fraction of sp³-hybridized carbons (Fsp3) is 0.731. The number of hydrogen-bond acceptors (Lipinski definition) is 4. The molecule has 0 unspecified atom stereocenters. The normalized spacial score (nSPS) is 30.1. The van der Waals surface area contributed by atoms with Crippen LogP contribution in [0, 0.1) is 29.1 Å². The smallest absolute Gasteiger partial charge is 0.335 e. The van der Waals surface area contributed by atoms with E-state index in [4.69, 9.17) is 5.11 Å². The summed E-state index contributed by atoms with van der Waals surface area (Å²) in [5.41, 5.74) is 0.600. The minimum Gasteiger partial charge on any atom is -0.872 e. The van der Waals surface area contributed by atoms with E-state index in [0.717, 1.165) is 29.1 Å². The molecule has 0 radical (unpaired) electrons. The number of aromatic carboxylic acids is 1. The Morgan fingerprint density at radius 2 is 1.39 bits per heavy atom. The molecule has 1 aromatic rings. The van der Waals surface area contributed by atoms with Crippen LogP contribution < -0.4 is 5.11 Å². The average molecular weight is 426 g/mol. The molecule has 1 aromatic carbocycles. The number of carboxylic acid groups (broad SMARTS) is 1. The van der Waals surface area contributed by atoms with Crippen molar-refractivity contribution >= 4 is 5.97 Å². The van der Waals surface area contributed by atoms with Crippen molar-refractivity contribution in [2.24, 2.45) is 29.1 Å². The maximum atomic E-state index is 10.7. The second kappa shape index (κ2) is 8.74. The molecule has 1 spiro atoms. The molecule has 170 valence electrons. The quantitative estimate of drug-likeness (QED) is 0.779. The first-order chi connectivity index (χ1) is 15.0. The Morgan fingerprint density at radius 1 is 0.903 bits per heavy atom. The van der Waals surface area contributed by atoms with Gasteiger partial charge in [-0.1, -0.05) is 36.8 Å². The van der Waals surface area contributed by atoms with Gasteiger partial charge in [-0.2, -0.15) is 0 Å². The van der Waals surface area contributed by atoms with Crippen molar-refractivity contribution in [1.82, 2.24) is 9.80 Å². The van der Waals surface area contributed by atoms with Crippen molar-refractivity contribution in [3.8, 4) is 5.75 Å². The number of para-hydroxylation sites is 1. The fourth-order valence-electron chi connectivity index (χ4n) is 6.69. The Balaban J connectivity index is 0.000000174. The highest BCUT2D eigenvalue weighted by molar-refractivity contribution is 5.90. The maximum Gasteiger partial charge on any atom is 0.335 e. The van der Waals surface area contributed by atoms with Gasteiger partial charge in [-0.25, -0.2) is 4.79 Å². The van der Waals surface area contributed by atoms with Crippen LogP contribution in [0.5, 0.6) is 5.75 Å². The first-order valence-electron chi connectivity index (χ1n) is 12.5. The molecule has 0 amide bonds. The predicted octanol–water partition coefficient (Wildman–Crippen LogP) is 3.69. The van der Waals surface area contributed by atoms with Gasteiger partial charge in [-0.05, 0) is 73.7 Å². The molecule has 3 aliphatic carbocycles. The van der Waals surface area contributed by atoms with E-state index < -0.39 is 11.7 Å². The van der Waals surface area contributed by atoms with E-state index in [0.29, 0.717) is 0 Å². The van der Waals surface area contributed by atoms with Crippen LogP contribution in [0.1, 0.15) is 61.7 Å².